The summed E-state index contributed by atoms with van der Waals surface area (Å²) in [5, 5.41) is 0. The van der Waals surface area contributed by atoms with Crippen LogP contribution in [0.5, 0.6) is 0 Å². The molecule has 1 amide bonds. The molecule has 2 nitrogen and oxygen atoms in total. The maximum absolute atomic E-state index is 9.43. The van der Waals surface area contributed by atoms with Gasteiger partial charge in [0.2, 0.25) is 6.41 Å². The summed E-state index contributed by atoms with van der Waals surface area (Å²) >= 11 is 0. The molecule has 0 bridgehead atoms. The molecule has 0 aromatic rings. The van der Waals surface area contributed by atoms with Crippen molar-refractivity contribution in [2.45, 2.75) is 0 Å². The van der Waals surface area contributed by atoms with Gasteiger partial charge in [-0.15, -0.1) is 0 Å². The molecule has 0 aliphatic rings. The molecule has 2 radical (unpaired) electrons. The van der Waals surface area contributed by atoms with Crippen molar-refractivity contribution in [2.75, 3.05) is 14.1 Å². The molecule has 0 fully saturated rings. The van der Waals surface area contributed by atoms with Crippen LogP contribution in [0.4, 0.5) is 0 Å². The summed E-state index contributed by atoms with van der Waals surface area (Å²) in [6, 6.07) is 0. The minimum absolute atomic E-state index is 0. The summed E-state index contributed by atoms with van der Waals surface area (Å²) in [5.74, 6) is 0. The van der Waals surface area contributed by atoms with Crippen LogP contribution >= 0.6 is 0 Å². The number of amides is 1. The van der Waals surface area contributed by atoms with E-state index >= 15 is 0 Å². The number of hydrogen-bond acceptors (Lipinski definition) is 1. The summed E-state index contributed by atoms with van der Waals surface area (Å²) in [6.07, 6.45) is 0.750. The molecule has 0 saturated heterocycles. The summed E-state index contributed by atoms with van der Waals surface area (Å²) in [4.78, 5) is 10.9. The Morgan fingerprint density at radius 2 is 1.43 bits per heavy atom. The topological polar surface area (TPSA) is 20.3 Å². The molecule has 0 unspecified atom stereocenters. The molecular weight excluding hydrogens is 193 g/mol. The van der Waals surface area contributed by atoms with Crippen LogP contribution in [0, 0.1) is 0 Å². The maximum atomic E-state index is 9.43. The zero-order valence-corrected chi connectivity index (χ0v) is 5.92. The monoisotopic (exact) mass is 199 g/mol. The molecule has 4 heteroatoms. The molecule has 0 aromatic carbocycles. The third kappa shape index (κ3) is 21.0. The zero-order chi connectivity index (χ0) is 4.28. The first kappa shape index (κ1) is 15.6. The number of nitrogens with zero attached hydrogens (tertiary/aromatic N) is 1. The van der Waals surface area contributed by atoms with Crippen molar-refractivity contribution in [3.63, 3.8) is 0 Å². The second-order valence-electron chi connectivity index (χ2n) is 1.07. The average molecular weight is 200 g/mol. The molecule has 0 aliphatic carbocycles. The minimum Gasteiger partial charge on any atom is -0.351 e. The summed E-state index contributed by atoms with van der Waals surface area (Å²) in [7, 11) is 3.38. The Morgan fingerprint density at radius 1 is 1.29 bits per heavy atom. The number of rotatable bonds is 1. The molecule has 0 aromatic heterocycles. The second-order valence-corrected chi connectivity index (χ2v) is 1.07. The zero-order valence-electron chi connectivity index (χ0n) is 4.04. The summed E-state index contributed by atoms with van der Waals surface area (Å²) < 4.78 is 0. The van der Waals surface area contributed by atoms with Crippen molar-refractivity contribution in [3.05, 3.63) is 0 Å². The van der Waals surface area contributed by atoms with Crippen molar-refractivity contribution in [1.29, 1.82) is 0 Å². The van der Waals surface area contributed by atoms with Crippen LogP contribution in [-0.4, -0.2) is 25.4 Å². The van der Waals surface area contributed by atoms with E-state index in [4.69, 9.17) is 0 Å². The fraction of sp³-hybridized carbons (Fsp3) is 0.667. The van der Waals surface area contributed by atoms with Gasteiger partial charge in [-0.25, -0.2) is 0 Å². The van der Waals surface area contributed by atoms with Crippen molar-refractivity contribution >= 4 is 6.41 Å². The van der Waals surface area contributed by atoms with E-state index in [2.05, 4.69) is 0 Å². The second kappa shape index (κ2) is 9.72. The van der Waals surface area contributed by atoms with Gasteiger partial charge in [0.25, 0.3) is 0 Å². The quantitative estimate of drug-likeness (QED) is 0.420. The first-order chi connectivity index (χ1) is 2.27. The average Bonchev–Trinajstić information content (AvgIpc) is 1.38. The Labute approximate surface area is 64.6 Å². The van der Waals surface area contributed by atoms with E-state index in [0.717, 1.165) is 6.41 Å². The number of carbonyl (C=O) groups excluding carboxylic acids is 1. The van der Waals surface area contributed by atoms with Crippen molar-refractivity contribution in [1.82, 2.24) is 4.90 Å². The van der Waals surface area contributed by atoms with Crippen LogP contribution in [0.2, 0.25) is 0 Å². The van der Waals surface area contributed by atoms with Crippen LogP contribution in [0.1, 0.15) is 0 Å². The van der Waals surface area contributed by atoms with E-state index in [1.165, 1.54) is 4.90 Å². The molecule has 0 rings (SSSR count). The fourth-order valence-electron chi connectivity index (χ4n) is 0. The SMILES string of the molecule is CN(C)C=O.[Cu+2].[Cu+2]. The third-order valence-electron chi connectivity index (χ3n) is 0.211. The van der Waals surface area contributed by atoms with Gasteiger partial charge < -0.3 is 4.90 Å². The predicted octanol–water partition coefficient (Wildman–Crippen LogP) is -0.301. The Kier molecular flexibility index (Phi) is 21.7. The van der Waals surface area contributed by atoms with Gasteiger partial charge in [-0.1, -0.05) is 0 Å². The number of carbonyl (C=O) groups is 1. The smallest absolute Gasteiger partial charge is 0.351 e. The summed E-state index contributed by atoms with van der Waals surface area (Å²) in [5.41, 5.74) is 0. The first-order valence-corrected chi connectivity index (χ1v) is 1.39. The van der Waals surface area contributed by atoms with E-state index in [0.29, 0.717) is 0 Å². The van der Waals surface area contributed by atoms with E-state index in [-0.39, 0.29) is 34.1 Å². The van der Waals surface area contributed by atoms with Crippen LogP contribution in [-0.2, 0) is 38.9 Å². The van der Waals surface area contributed by atoms with Crippen LogP contribution < -0.4 is 0 Å². The fourth-order valence-corrected chi connectivity index (χ4v) is 0. The third-order valence-corrected chi connectivity index (χ3v) is 0.211. The molecule has 7 heavy (non-hydrogen) atoms. The Hall–Kier alpha value is 0.509. The van der Waals surface area contributed by atoms with Crippen LogP contribution in [0.25, 0.3) is 0 Å². The Bertz CT molecular complexity index is 39.9. The van der Waals surface area contributed by atoms with Crippen molar-refractivity contribution in [2.24, 2.45) is 0 Å². The van der Waals surface area contributed by atoms with Gasteiger partial charge >= 0.3 is 34.1 Å². The first-order valence-electron chi connectivity index (χ1n) is 1.39. The van der Waals surface area contributed by atoms with Gasteiger partial charge in [0, 0.05) is 14.1 Å². The van der Waals surface area contributed by atoms with Gasteiger partial charge in [-0.05, 0) is 0 Å². The Morgan fingerprint density at radius 3 is 1.43 bits per heavy atom. The molecule has 0 aliphatic heterocycles. The van der Waals surface area contributed by atoms with E-state index < -0.39 is 0 Å². The number of hydrogen-bond donors (Lipinski definition) is 0. The van der Waals surface area contributed by atoms with Crippen molar-refractivity contribution in [3.8, 4) is 0 Å². The normalized spacial score (nSPS) is 4.86. The molecule has 48 valence electrons. The molecule has 0 heterocycles. The largest absolute Gasteiger partial charge is 2.00 e. The van der Waals surface area contributed by atoms with Crippen molar-refractivity contribution < 1.29 is 38.9 Å². The molecule has 0 atom stereocenters. The standard InChI is InChI=1S/C3H7NO.2Cu/c1-4(2)3-5;;/h3H,1-2H3;;/q;2*+2. The minimum atomic E-state index is 0. The van der Waals surface area contributed by atoms with Crippen LogP contribution in [0.3, 0.4) is 0 Å². The Balaban J connectivity index is -0.0000000800. The maximum Gasteiger partial charge on any atom is 2.00 e. The van der Waals surface area contributed by atoms with Gasteiger partial charge in [-0.3, -0.25) is 4.79 Å². The molecule has 0 N–H and O–H groups in total. The van der Waals surface area contributed by atoms with Crippen LogP contribution in [0.15, 0.2) is 0 Å². The van der Waals surface area contributed by atoms with Gasteiger partial charge in [-0.2, -0.15) is 0 Å². The van der Waals surface area contributed by atoms with E-state index in [1.807, 2.05) is 0 Å². The van der Waals surface area contributed by atoms with Gasteiger partial charge in [0.1, 0.15) is 0 Å². The molecule has 0 saturated carbocycles. The molecule has 0 spiro atoms. The van der Waals surface area contributed by atoms with E-state index in [1.54, 1.807) is 14.1 Å². The van der Waals surface area contributed by atoms with Gasteiger partial charge in [0.15, 0.2) is 0 Å². The molecular formula is C3H7Cu2NO+4. The van der Waals surface area contributed by atoms with E-state index in [9.17, 15) is 4.79 Å². The van der Waals surface area contributed by atoms with Gasteiger partial charge in [0.05, 0.1) is 0 Å². The summed E-state index contributed by atoms with van der Waals surface area (Å²) in [6.45, 7) is 0. The predicted molar refractivity (Wildman–Crippen MR) is 19.8 cm³/mol.